The van der Waals surface area contributed by atoms with E-state index < -0.39 is 0 Å². The first-order valence-corrected chi connectivity index (χ1v) is 6.19. The minimum absolute atomic E-state index is 0.728. The molecule has 0 spiro atoms. The number of benzene rings is 1. The van der Waals surface area contributed by atoms with E-state index in [9.17, 15) is 0 Å². The van der Waals surface area contributed by atoms with E-state index in [4.69, 9.17) is 23.2 Å². The average molecular weight is 244 g/mol. The lowest BCUT2D eigenvalue weighted by Crippen LogP contribution is -2.36. The van der Waals surface area contributed by atoms with Crippen molar-refractivity contribution in [2.45, 2.75) is 31.7 Å². The van der Waals surface area contributed by atoms with Gasteiger partial charge in [0.05, 0.1) is 0 Å². The van der Waals surface area contributed by atoms with Gasteiger partial charge in [-0.2, -0.15) is 0 Å². The van der Waals surface area contributed by atoms with E-state index >= 15 is 0 Å². The summed E-state index contributed by atoms with van der Waals surface area (Å²) < 4.78 is 0. The molecule has 1 aromatic carbocycles. The third-order valence-corrected chi connectivity index (χ3v) is 3.68. The molecule has 1 fully saturated rings. The van der Waals surface area contributed by atoms with Crippen LogP contribution in [0.5, 0.6) is 0 Å². The van der Waals surface area contributed by atoms with E-state index in [2.05, 4.69) is 5.32 Å². The van der Waals surface area contributed by atoms with Crippen LogP contribution in [0.3, 0.4) is 0 Å². The second-order valence-corrected chi connectivity index (χ2v) is 4.85. The summed E-state index contributed by atoms with van der Waals surface area (Å²) in [5.41, 5.74) is 1.06. The minimum atomic E-state index is 0.728. The Kier molecular flexibility index (Phi) is 3.90. The highest BCUT2D eigenvalue weighted by Gasteiger charge is 2.16. The van der Waals surface area contributed by atoms with Gasteiger partial charge in [-0.3, -0.25) is 0 Å². The molecular formula is C12H15Cl2N. The molecule has 15 heavy (non-hydrogen) atoms. The predicted molar refractivity (Wildman–Crippen MR) is 65.8 cm³/mol. The molecule has 2 rings (SSSR count). The van der Waals surface area contributed by atoms with E-state index in [1.807, 2.05) is 18.2 Å². The fourth-order valence-corrected chi connectivity index (χ4v) is 2.37. The zero-order valence-corrected chi connectivity index (χ0v) is 10.1. The fraction of sp³-hybridized carbons (Fsp3) is 0.500. The lowest BCUT2D eigenvalue weighted by molar-refractivity contribution is 0.342. The highest BCUT2D eigenvalue weighted by atomic mass is 35.5. The van der Waals surface area contributed by atoms with Crippen molar-refractivity contribution in [2.24, 2.45) is 0 Å². The van der Waals surface area contributed by atoms with Crippen molar-refractivity contribution in [1.29, 1.82) is 0 Å². The summed E-state index contributed by atoms with van der Waals surface area (Å²) in [6.07, 6.45) is 4.91. The summed E-state index contributed by atoms with van der Waals surface area (Å²) in [5, 5.41) is 5.06. The standard InChI is InChI=1S/C12H15Cl2N/c13-11-5-2-6-12(14)10(11)7-8-15-9-3-1-4-9/h2,5-6,9,15H,1,3-4,7-8H2. The third kappa shape index (κ3) is 2.87. The van der Waals surface area contributed by atoms with Crippen LogP contribution in [0, 0.1) is 0 Å². The van der Waals surface area contributed by atoms with Crippen molar-refractivity contribution in [3.05, 3.63) is 33.8 Å². The van der Waals surface area contributed by atoms with Crippen LogP contribution in [-0.4, -0.2) is 12.6 Å². The Morgan fingerprint density at radius 1 is 1.20 bits per heavy atom. The van der Waals surface area contributed by atoms with Gasteiger partial charge < -0.3 is 5.32 Å². The van der Waals surface area contributed by atoms with Gasteiger partial charge in [-0.25, -0.2) is 0 Å². The van der Waals surface area contributed by atoms with Gasteiger partial charge in [0.2, 0.25) is 0 Å². The first kappa shape index (κ1) is 11.3. The van der Waals surface area contributed by atoms with Crippen LogP contribution in [0.2, 0.25) is 10.0 Å². The van der Waals surface area contributed by atoms with E-state index in [1.165, 1.54) is 19.3 Å². The Labute approximate surface area is 101 Å². The fourth-order valence-electron chi connectivity index (χ4n) is 1.78. The molecule has 1 aromatic rings. The van der Waals surface area contributed by atoms with Crippen LogP contribution < -0.4 is 5.32 Å². The molecule has 0 heterocycles. The predicted octanol–water partition coefficient (Wildman–Crippen LogP) is 3.68. The summed E-state index contributed by atoms with van der Waals surface area (Å²) in [5.74, 6) is 0. The van der Waals surface area contributed by atoms with E-state index in [-0.39, 0.29) is 0 Å². The van der Waals surface area contributed by atoms with Crippen LogP contribution in [0.4, 0.5) is 0 Å². The summed E-state index contributed by atoms with van der Waals surface area (Å²) in [7, 11) is 0. The quantitative estimate of drug-likeness (QED) is 0.851. The van der Waals surface area contributed by atoms with Crippen molar-refractivity contribution in [1.82, 2.24) is 5.32 Å². The van der Waals surface area contributed by atoms with Crippen molar-refractivity contribution in [2.75, 3.05) is 6.54 Å². The van der Waals surface area contributed by atoms with Crippen molar-refractivity contribution in [3.63, 3.8) is 0 Å². The maximum Gasteiger partial charge on any atom is 0.0453 e. The molecular weight excluding hydrogens is 229 g/mol. The zero-order valence-electron chi connectivity index (χ0n) is 8.60. The first-order valence-electron chi connectivity index (χ1n) is 5.43. The second kappa shape index (κ2) is 5.20. The molecule has 1 saturated carbocycles. The van der Waals surface area contributed by atoms with Crippen molar-refractivity contribution < 1.29 is 0 Å². The van der Waals surface area contributed by atoms with E-state index in [1.54, 1.807) is 0 Å². The molecule has 0 unspecified atom stereocenters. The minimum Gasteiger partial charge on any atom is -0.314 e. The van der Waals surface area contributed by atoms with Gasteiger partial charge in [0.15, 0.2) is 0 Å². The van der Waals surface area contributed by atoms with Gasteiger partial charge in [0.25, 0.3) is 0 Å². The van der Waals surface area contributed by atoms with Crippen molar-refractivity contribution in [3.8, 4) is 0 Å². The number of rotatable bonds is 4. The number of nitrogens with one attached hydrogen (secondary N) is 1. The van der Waals surface area contributed by atoms with Crippen LogP contribution in [0.1, 0.15) is 24.8 Å². The molecule has 82 valence electrons. The monoisotopic (exact) mass is 243 g/mol. The molecule has 1 aliphatic rings. The van der Waals surface area contributed by atoms with Gasteiger partial charge >= 0.3 is 0 Å². The molecule has 0 atom stereocenters. The third-order valence-electron chi connectivity index (χ3n) is 2.97. The second-order valence-electron chi connectivity index (χ2n) is 4.03. The Bertz CT molecular complexity index is 314. The maximum atomic E-state index is 6.08. The Hall–Kier alpha value is -0.240. The first-order chi connectivity index (χ1) is 7.27. The molecule has 0 aromatic heterocycles. The summed E-state index contributed by atoms with van der Waals surface area (Å²) in [4.78, 5) is 0. The van der Waals surface area contributed by atoms with Crippen LogP contribution in [-0.2, 0) is 6.42 Å². The molecule has 0 radical (unpaired) electrons. The lowest BCUT2D eigenvalue weighted by Gasteiger charge is -2.26. The molecule has 1 aliphatic carbocycles. The summed E-state index contributed by atoms with van der Waals surface area (Å²) in [6, 6.07) is 6.40. The smallest absolute Gasteiger partial charge is 0.0453 e. The SMILES string of the molecule is Clc1cccc(Cl)c1CCNC1CCC1. The van der Waals surface area contributed by atoms with Gasteiger partial charge in [0, 0.05) is 16.1 Å². The van der Waals surface area contributed by atoms with Gasteiger partial charge in [0.1, 0.15) is 0 Å². The number of hydrogen-bond acceptors (Lipinski definition) is 1. The maximum absolute atomic E-state index is 6.08. The number of halogens is 2. The van der Waals surface area contributed by atoms with Crippen molar-refractivity contribution >= 4 is 23.2 Å². The van der Waals surface area contributed by atoms with E-state index in [0.29, 0.717) is 0 Å². The lowest BCUT2D eigenvalue weighted by atomic mass is 9.93. The van der Waals surface area contributed by atoms with Crippen LogP contribution in [0.15, 0.2) is 18.2 Å². The average Bonchev–Trinajstić information content (AvgIpc) is 2.13. The largest absolute Gasteiger partial charge is 0.314 e. The molecule has 0 bridgehead atoms. The molecule has 0 amide bonds. The number of hydrogen-bond donors (Lipinski definition) is 1. The molecule has 1 N–H and O–H groups in total. The highest BCUT2D eigenvalue weighted by molar-refractivity contribution is 6.35. The zero-order chi connectivity index (χ0) is 10.7. The molecule has 0 saturated heterocycles. The summed E-state index contributed by atoms with van der Waals surface area (Å²) in [6.45, 7) is 0.966. The topological polar surface area (TPSA) is 12.0 Å². The Morgan fingerprint density at radius 3 is 2.40 bits per heavy atom. The molecule has 3 heteroatoms. The van der Waals surface area contributed by atoms with Crippen LogP contribution >= 0.6 is 23.2 Å². The summed E-state index contributed by atoms with van der Waals surface area (Å²) >= 11 is 12.2. The van der Waals surface area contributed by atoms with Gasteiger partial charge in [-0.05, 0) is 43.5 Å². The highest BCUT2D eigenvalue weighted by Crippen LogP contribution is 2.24. The Balaban J connectivity index is 1.86. The Morgan fingerprint density at radius 2 is 1.87 bits per heavy atom. The normalized spacial score (nSPS) is 16.4. The van der Waals surface area contributed by atoms with Gasteiger partial charge in [-0.15, -0.1) is 0 Å². The van der Waals surface area contributed by atoms with Gasteiger partial charge in [-0.1, -0.05) is 35.7 Å². The van der Waals surface area contributed by atoms with E-state index in [0.717, 1.165) is 34.6 Å². The molecule has 0 aliphatic heterocycles. The molecule has 1 nitrogen and oxygen atoms in total. The van der Waals surface area contributed by atoms with Crippen LogP contribution in [0.25, 0.3) is 0 Å².